The van der Waals surface area contributed by atoms with E-state index in [-0.39, 0.29) is 34.1 Å². The highest BCUT2D eigenvalue weighted by molar-refractivity contribution is 6.74. The molecule has 2 aromatic rings. The van der Waals surface area contributed by atoms with Crippen LogP contribution in [0.5, 0.6) is 17.2 Å². The van der Waals surface area contributed by atoms with Crippen LogP contribution in [-0.4, -0.2) is 37.0 Å². The van der Waals surface area contributed by atoms with E-state index in [0.29, 0.717) is 23.1 Å². The zero-order valence-corrected chi connectivity index (χ0v) is 18.8. The number of Topliss-reactive ketones (excluding diaryl/α,β-unsaturated/α-hetero) is 1. The Balaban J connectivity index is 2.12. The van der Waals surface area contributed by atoms with Crippen molar-refractivity contribution >= 4 is 24.9 Å². The molecule has 0 aliphatic heterocycles. The molecule has 1 aliphatic rings. The van der Waals surface area contributed by atoms with Gasteiger partial charge in [-0.3, -0.25) is 4.79 Å². The molecule has 1 atom stereocenters. The number of methoxy groups -OCH3 is 1. The summed E-state index contributed by atoms with van der Waals surface area (Å²) in [6.45, 7) is 12.9. The maximum atomic E-state index is 13.0. The van der Waals surface area contributed by atoms with Crippen LogP contribution in [0, 0.1) is 0 Å². The van der Waals surface area contributed by atoms with Crippen LogP contribution in [0.2, 0.25) is 18.1 Å². The molecule has 152 valence electrons. The third kappa shape index (κ3) is 3.39. The molecule has 2 N–H and O–H groups in total. The fourth-order valence-electron chi connectivity index (χ4n) is 3.83. The molecule has 5 nitrogen and oxygen atoms in total. The number of phenolic OH excluding ortho intramolecular Hbond substituents is 2. The molecule has 3 rings (SSSR count). The summed E-state index contributed by atoms with van der Waals surface area (Å²) in [7, 11) is -0.561. The molecule has 6 heteroatoms. The molecule has 0 heterocycles. The van der Waals surface area contributed by atoms with Crippen molar-refractivity contribution < 1.29 is 24.2 Å². The summed E-state index contributed by atoms with van der Waals surface area (Å²) >= 11 is 0. The average Bonchev–Trinajstić information content (AvgIpc) is 2.51. The van der Waals surface area contributed by atoms with Gasteiger partial charge in [-0.1, -0.05) is 20.8 Å². The van der Waals surface area contributed by atoms with Crippen LogP contribution < -0.4 is 4.74 Å². The van der Waals surface area contributed by atoms with Gasteiger partial charge in [0.05, 0.1) is 23.7 Å². The Bertz CT molecular complexity index is 958. The van der Waals surface area contributed by atoms with E-state index in [9.17, 15) is 15.0 Å². The number of phenols is 2. The quantitative estimate of drug-likeness (QED) is 0.546. The van der Waals surface area contributed by atoms with Crippen molar-refractivity contribution in [2.45, 2.75) is 64.3 Å². The molecule has 0 bridgehead atoms. The molecule has 0 saturated heterocycles. The molecule has 0 unspecified atom stereocenters. The van der Waals surface area contributed by atoms with Crippen molar-refractivity contribution in [2.75, 3.05) is 7.11 Å². The monoisotopic (exact) mass is 403 g/mol. The Morgan fingerprint density at radius 2 is 1.75 bits per heavy atom. The van der Waals surface area contributed by atoms with Crippen molar-refractivity contribution in [3.63, 3.8) is 0 Å². The van der Waals surface area contributed by atoms with Gasteiger partial charge in [0.2, 0.25) is 0 Å². The van der Waals surface area contributed by atoms with E-state index < -0.39 is 13.9 Å². The van der Waals surface area contributed by atoms with Gasteiger partial charge in [0.15, 0.2) is 14.1 Å². The number of ether oxygens (including phenoxy) is 1. The van der Waals surface area contributed by atoms with Crippen molar-refractivity contribution in [3.8, 4) is 17.2 Å². The van der Waals surface area contributed by atoms with Crippen LogP contribution >= 0.6 is 0 Å². The molecule has 0 amide bonds. The molecule has 0 fully saturated rings. The van der Waals surface area contributed by atoms with Crippen LogP contribution in [0.4, 0.5) is 0 Å². The van der Waals surface area contributed by atoms with Crippen LogP contribution in [0.3, 0.4) is 0 Å². The van der Waals surface area contributed by atoms with Gasteiger partial charge in [-0.2, -0.15) is 0 Å². The molecule has 2 aromatic carbocycles. The molecule has 28 heavy (non-hydrogen) atoms. The minimum Gasteiger partial charge on any atom is -0.507 e. The number of hydrogen-bond donors (Lipinski definition) is 2. The lowest BCUT2D eigenvalue weighted by molar-refractivity contribution is 0.0491. The van der Waals surface area contributed by atoms with Crippen LogP contribution in [0.1, 0.15) is 50.0 Å². The summed E-state index contributed by atoms with van der Waals surface area (Å²) in [6, 6.07) is 5.05. The fourth-order valence-corrected chi connectivity index (χ4v) is 5.52. The molecular weight excluding hydrogens is 373 g/mol. The smallest absolute Gasteiger partial charge is 0.192 e. The second-order valence-corrected chi connectivity index (χ2v) is 14.3. The Hall–Kier alpha value is -2.05. The predicted octanol–water partition coefficient (Wildman–Crippen LogP) is 5.17. The van der Waals surface area contributed by atoms with Crippen molar-refractivity contribution in [3.05, 3.63) is 29.3 Å². The topological polar surface area (TPSA) is 76.0 Å². The Labute approximate surface area is 167 Å². The lowest BCUT2D eigenvalue weighted by Crippen LogP contribution is -2.51. The molecule has 0 saturated carbocycles. The van der Waals surface area contributed by atoms with Gasteiger partial charge in [0.1, 0.15) is 17.2 Å². The maximum absolute atomic E-state index is 13.0. The number of hydrogen-bond acceptors (Lipinski definition) is 5. The largest absolute Gasteiger partial charge is 0.507 e. The number of benzene rings is 2. The Morgan fingerprint density at radius 1 is 1.11 bits per heavy atom. The minimum atomic E-state index is -2.08. The highest BCUT2D eigenvalue weighted by Gasteiger charge is 2.46. The number of aromatic hydroxyl groups is 2. The molecule has 0 spiro atoms. The molecule has 1 aliphatic carbocycles. The summed E-state index contributed by atoms with van der Waals surface area (Å²) in [4.78, 5) is 13.0. The van der Waals surface area contributed by atoms with Crippen LogP contribution in [0.25, 0.3) is 10.8 Å². The number of rotatable bonds is 3. The summed E-state index contributed by atoms with van der Waals surface area (Å²) in [5.41, 5.74) is 0.424. The number of carbonyl (C=O) groups excluding carboxylic acids is 1. The molecule has 0 aromatic heterocycles. The minimum absolute atomic E-state index is 0.0318. The van der Waals surface area contributed by atoms with Crippen molar-refractivity contribution in [2.24, 2.45) is 0 Å². The summed E-state index contributed by atoms with van der Waals surface area (Å²) < 4.78 is 11.9. The lowest BCUT2D eigenvalue weighted by atomic mass is 9.79. The maximum Gasteiger partial charge on any atom is 0.192 e. The zero-order chi connectivity index (χ0) is 21.1. The van der Waals surface area contributed by atoms with E-state index in [1.54, 1.807) is 6.07 Å². The second kappa shape index (κ2) is 6.49. The van der Waals surface area contributed by atoms with Crippen molar-refractivity contribution in [1.29, 1.82) is 0 Å². The summed E-state index contributed by atoms with van der Waals surface area (Å²) in [5.74, 6) is 0.0733. The van der Waals surface area contributed by atoms with Gasteiger partial charge < -0.3 is 19.4 Å². The Kier molecular flexibility index (Phi) is 4.79. The highest BCUT2D eigenvalue weighted by atomic mass is 28.4. The van der Waals surface area contributed by atoms with Gasteiger partial charge in [0, 0.05) is 18.9 Å². The van der Waals surface area contributed by atoms with Crippen LogP contribution in [-0.2, 0) is 10.8 Å². The third-order valence-corrected chi connectivity index (χ3v) is 10.8. The lowest BCUT2D eigenvalue weighted by Gasteiger charge is -2.45. The average molecular weight is 404 g/mol. The summed E-state index contributed by atoms with van der Waals surface area (Å²) in [6.07, 6.45) is 0.741. The number of fused-ring (bicyclic) bond motifs is 2. The predicted molar refractivity (Wildman–Crippen MR) is 113 cm³/mol. The first-order valence-corrected chi connectivity index (χ1v) is 12.5. The first kappa shape index (κ1) is 20.7. The number of carbonyl (C=O) groups is 1. The van der Waals surface area contributed by atoms with Crippen LogP contribution in [0.15, 0.2) is 18.2 Å². The zero-order valence-electron chi connectivity index (χ0n) is 17.8. The van der Waals surface area contributed by atoms with E-state index >= 15 is 0 Å². The van der Waals surface area contributed by atoms with E-state index in [2.05, 4.69) is 33.9 Å². The van der Waals surface area contributed by atoms with E-state index in [1.165, 1.54) is 13.2 Å². The van der Waals surface area contributed by atoms with E-state index in [4.69, 9.17) is 9.16 Å². The summed E-state index contributed by atoms with van der Waals surface area (Å²) in [5, 5.41) is 22.1. The van der Waals surface area contributed by atoms with Gasteiger partial charge in [-0.05, 0) is 48.1 Å². The normalized spacial score (nSPS) is 20.3. The highest BCUT2D eigenvalue weighted by Crippen LogP contribution is 2.46. The van der Waals surface area contributed by atoms with Gasteiger partial charge >= 0.3 is 0 Å². The van der Waals surface area contributed by atoms with Crippen molar-refractivity contribution in [1.82, 2.24) is 0 Å². The van der Waals surface area contributed by atoms with E-state index in [0.717, 1.165) is 5.56 Å². The van der Waals surface area contributed by atoms with Gasteiger partial charge in [-0.15, -0.1) is 0 Å². The Morgan fingerprint density at radius 3 is 2.32 bits per heavy atom. The van der Waals surface area contributed by atoms with Gasteiger partial charge in [0.25, 0.3) is 0 Å². The first-order valence-electron chi connectivity index (χ1n) is 9.57. The molecule has 0 radical (unpaired) electrons. The standard InChI is InChI=1S/C22H30O5Si/c1-21(2,3)28(6,7)27-22(4)11-14-8-13-9-15(26-5)10-16(23)18(13)20(25)19(14)17(24)12-22/h8-10,23,25H,11-12H2,1-7H3/t22-/m1/s1/i5+1. The first-order chi connectivity index (χ1) is 12.8. The fraction of sp³-hybridized carbons (Fsp3) is 0.500. The third-order valence-electron chi connectivity index (χ3n) is 6.17. The SMILES string of the molecule is CC(C)(C)[Si](C)(C)O[C@@]1(C)CC(=O)c2c(cc3cc(O[13CH3])cc(O)c3c2O)C1. The second-order valence-electron chi connectivity index (χ2n) is 9.59. The van der Waals surface area contributed by atoms with Gasteiger partial charge in [-0.25, -0.2) is 0 Å². The molecular formula is C22H30O5Si. The number of ketones is 1. The van der Waals surface area contributed by atoms with E-state index in [1.807, 2.05) is 13.0 Å².